The van der Waals surface area contributed by atoms with Crippen molar-refractivity contribution in [1.29, 1.82) is 0 Å². The number of thioether (sulfide) groups is 1. The van der Waals surface area contributed by atoms with Crippen LogP contribution in [0.25, 0.3) is 0 Å². The average Bonchev–Trinajstić information content (AvgIpc) is 3.45. The van der Waals surface area contributed by atoms with E-state index in [1.165, 1.54) is 4.90 Å². The molecule has 5 nitrogen and oxygen atoms in total. The van der Waals surface area contributed by atoms with Gasteiger partial charge in [0, 0.05) is 48.8 Å². The van der Waals surface area contributed by atoms with E-state index in [9.17, 15) is 9.59 Å². The van der Waals surface area contributed by atoms with E-state index in [0.717, 1.165) is 44.3 Å². The Kier molecular flexibility index (Phi) is 6.60. The number of likely N-dealkylation sites (tertiary alicyclic amines) is 2. The zero-order valence-electron chi connectivity index (χ0n) is 16.7. The fourth-order valence-electron chi connectivity index (χ4n) is 4.14. The van der Waals surface area contributed by atoms with Gasteiger partial charge in [-0.25, -0.2) is 0 Å². The highest BCUT2D eigenvalue weighted by atomic mass is 32.2. The van der Waals surface area contributed by atoms with Crippen LogP contribution in [-0.4, -0.2) is 47.8 Å². The zero-order valence-corrected chi connectivity index (χ0v) is 17.5. The summed E-state index contributed by atoms with van der Waals surface area (Å²) in [5, 5.41) is 0. The first kappa shape index (κ1) is 20.1. The highest BCUT2D eigenvalue weighted by Gasteiger charge is 2.29. The summed E-state index contributed by atoms with van der Waals surface area (Å²) >= 11 is 1.70. The van der Waals surface area contributed by atoms with Crippen LogP contribution >= 0.6 is 11.8 Å². The maximum atomic E-state index is 13.0. The molecule has 0 bridgehead atoms. The van der Waals surface area contributed by atoms with Crippen LogP contribution < -0.4 is 0 Å². The Labute approximate surface area is 176 Å². The molecule has 1 aromatic carbocycles. The van der Waals surface area contributed by atoms with Gasteiger partial charge in [0.2, 0.25) is 5.91 Å². The van der Waals surface area contributed by atoms with Gasteiger partial charge in [-0.1, -0.05) is 18.2 Å². The summed E-state index contributed by atoms with van der Waals surface area (Å²) in [5.74, 6) is 1.82. The van der Waals surface area contributed by atoms with E-state index in [0.29, 0.717) is 42.8 Å². The summed E-state index contributed by atoms with van der Waals surface area (Å²) in [6.45, 7) is 3.22. The van der Waals surface area contributed by atoms with Crippen LogP contribution in [0.2, 0.25) is 0 Å². The molecule has 1 aromatic heterocycles. The van der Waals surface area contributed by atoms with Crippen molar-refractivity contribution in [3.05, 3.63) is 54.0 Å². The van der Waals surface area contributed by atoms with Gasteiger partial charge in [-0.05, 0) is 49.8 Å². The quantitative estimate of drug-likeness (QED) is 0.659. The van der Waals surface area contributed by atoms with Gasteiger partial charge in [-0.3, -0.25) is 9.59 Å². The lowest BCUT2D eigenvalue weighted by Crippen LogP contribution is -2.40. The van der Waals surface area contributed by atoms with Crippen molar-refractivity contribution < 1.29 is 14.0 Å². The second-order valence-corrected chi connectivity index (χ2v) is 8.95. The molecular weight excluding hydrogens is 384 g/mol. The molecule has 3 heterocycles. The van der Waals surface area contributed by atoms with E-state index in [-0.39, 0.29) is 5.91 Å². The molecule has 0 aliphatic carbocycles. The molecule has 2 aromatic rings. The van der Waals surface area contributed by atoms with Gasteiger partial charge in [0.15, 0.2) is 5.76 Å². The topological polar surface area (TPSA) is 53.8 Å². The van der Waals surface area contributed by atoms with Gasteiger partial charge in [0.05, 0.1) is 6.26 Å². The lowest BCUT2D eigenvalue weighted by Gasteiger charge is -2.32. The predicted octanol–water partition coefficient (Wildman–Crippen LogP) is 4.44. The first-order valence-electron chi connectivity index (χ1n) is 10.5. The van der Waals surface area contributed by atoms with Crippen LogP contribution in [0, 0.1) is 5.92 Å². The Bertz CT molecular complexity index is 822. The van der Waals surface area contributed by atoms with Crippen LogP contribution in [0.4, 0.5) is 0 Å². The smallest absolute Gasteiger partial charge is 0.289 e. The van der Waals surface area contributed by atoms with E-state index >= 15 is 0 Å². The van der Waals surface area contributed by atoms with Crippen molar-refractivity contribution in [2.75, 3.05) is 26.2 Å². The largest absolute Gasteiger partial charge is 0.459 e. The molecule has 2 saturated heterocycles. The normalized spacial score (nSPS) is 17.7. The van der Waals surface area contributed by atoms with Crippen LogP contribution in [-0.2, 0) is 10.5 Å². The number of carbonyl (C=O) groups excluding carboxylic acids is 2. The fraction of sp³-hybridized carbons (Fsp3) is 0.478. The Hall–Kier alpha value is -2.21. The Morgan fingerprint density at radius 2 is 1.69 bits per heavy atom. The predicted molar refractivity (Wildman–Crippen MR) is 114 cm³/mol. The molecule has 4 rings (SSSR count). The van der Waals surface area contributed by atoms with Crippen LogP contribution in [0.3, 0.4) is 0 Å². The summed E-state index contributed by atoms with van der Waals surface area (Å²) in [5.41, 5.74) is 0.940. The highest BCUT2D eigenvalue weighted by molar-refractivity contribution is 7.98. The summed E-state index contributed by atoms with van der Waals surface area (Å²) in [6.07, 6.45) is 6.27. The molecule has 0 spiro atoms. The van der Waals surface area contributed by atoms with E-state index in [4.69, 9.17) is 4.42 Å². The molecule has 6 heteroatoms. The van der Waals surface area contributed by atoms with Crippen molar-refractivity contribution in [1.82, 2.24) is 9.80 Å². The van der Waals surface area contributed by atoms with Gasteiger partial charge in [-0.2, -0.15) is 0 Å². The summed E-state index contributed by atoms with van der Waals surface area (Å²) in [4.78, 5) is 30.4. The SMILES string of the molecule is O=C(CC1CCN(C(=O)c2occc2CSc2ccccc2)CC1)N1CCCC1. The van der Waals surface area contributed by atoms with Crippen molar-refractivity contribution >= 4 is 23.6 Å². The van der Waals surface area contributed by atoms with Gasteiger partial charge >= 0.3 is 0 Å². The molecule has 2 fully saturated rings. The lowest BCUT2D eigenvalue weighted by atomic mass is 9.93. The monoisotopic (exact) mass is 412 g/mol. The van der Waals surface area contributed by atoms with Gasteiger partial charge < -0.3 is 14.2 Å². The van der Waals surface area contributed by atoms with E-state index in [1.54, 1.807) is 18.0 Å². The Morgan fingerprint density at radius 3 is 2.41 bits per heavy atom. The number of furan rings is 1. The lowest BCUT2D eigenvalue weighted by molar-refractivity contribution is -0.131. The first-order chi connectivity index (χ1) is 14.2. The number of hydrogen-bond donors (Lipinski definition) is 0. The third-order valence-electron chi connectivity index (χ3n) is 5.90. The molecule has 2 aliphatic heterocycles. The van der Waals surface area contributed by atoms with Crippen molar-refractivity contribution in [2.45, 2.75) is 42.8 Å². The molecule has 0 unspecified atom stereocenters. The third-order valence-corrected chi connectivity index (χ3v) is 6.96. The summed E-state index contributed by atoms with van der Waals surface area (Å²) in [7, 11) is 0. The maximum absolute atomic E-state index is 13.0. The minimum Gasteiger partial charge on any atom is -0.459 e. The fourth-order valence-corrected chi connectivity index (χ4v) is 5.04. The van der Waals surface area contributed by atoms with Gasteiger partial charge in [0.1, 0.15) is 0 Å². The zero-order chi connectivity index (χ0) is 20.1. The first-order valence-corrected chi connectivity index (χ1v) is 11.5. The van der Waals surface area contributed by atoms with Crippen molar-refractivity contribution in [3.63, 3.8) is 0 Å². The number of nitrogens with zero attached hydrogens (tertiary/aromatic N) is 2. The van der Waals surface area contributed by atoms with Crippen molar-refractivity contribution in [3.8, 4) is 0 Å². The molecule has 0 radical (unpaired) electrons. The molecule has 154 valence electrons. The second-order valence-electron chi connectivity index (χ2n) is 7.90. The molecule has 0 atom stereocenters. The third kappa shape index (κ3) is 5.04. The van der Waals surface area contributed by atoms with Crippen LogP contribution in [0.5, 0.6) is 0 Å². The number of carbonyl (C=O) groups is 2. The molecule has 0 N–H and O–H groups in total. The minimum absolute atomic E-state index is 0.0250. The van der Waals surface area contributed by atoms with E-state index < -0.39 is 0 Å². The summed E-state index contributed by atoms with van der Waals surface area (Å²) < 4.78 is 5.56. The second kappa shape index (κ2) is 9.53. The summed E-state index contributed by atoms with van der Waals surface area (Å²) in [6, 6.07) is 12.1. The molecule has 0 saturated carbocycles. The van der Waals surface area contributed by atoms with E-state index in [1.807, 2.05) is 34.1 Å². The Morgan fingerprint density at radius 1 is 0.966 bits per heavy atom. The number of rotatable bonds is 6. The number of amides is 2. The van der Waals surface area contributed by atoms with Crippen LogP contribution in [0.15, 0.2) is 52.0 Å². The standard InChI is InChI=1S/C23H28N2O3S/c26-21(24-11-4-5-12-24)16-18-8-13-25(14-9-18)23(27)22-19(10-15-28-22)17-29-20-6-2-1-3-7-20/h1-3,6-7,10,15,18H,4-5,8-9,11-14,16-17H2. The Balaban J connectivity index is 1.28. The number of piperidine rings is 1. The minimum atomic E-state index is -0.0250. The van der Waals surface area contributed by atoms with E-state index in [2.05, 4.69) is 12.1 Å². The molecule has 29 heavy (non-hydrogen) atoms. The number of hydrogen-bond acceptors (Lipinski definition) is 4. The molecular formula is C23H28N2O3S. The average molecular weight is 413 g/mol. The highest BCUT2D eigenvalue weighted by Crippen LogP contribution is 2.28. The van der Waals surface area contributed by atoms with Gasteiger partial charge in [0.25, 0.3) is 5.91 Å². The van der Waals surface area contributed by atoms with Gasteiger partial charge in [-0.15, -0.1) is 11.8 Å². The molecule has 2 aliphatic rings. The maximum Gasteiger partial charge on any atom is 0.289 e. The molecule has 2 amide bonds. The van der Waals surface area contributed by atoms with Crippen LogP contribution in [0.1, 0.15) is 48.2 Å². The van der Waals surface area contributed by atoms with Crippen molar-refractivity contribution in [2.24, 2.45) is 5.92 Å². The number of benzene rings is 1.